The molecule has 1 aromatic heterocycles. The van der Waals surface area contributed by atoms with E-state index in [1.54, 1.807) is 6.92 Å². The molecule has 0 fully saturated rings. The lowest BCUT2D eigenvalue weighted by atomic mass is 10.4. The van der Waals surface area contributed by atoms with Gasteiger partial charge in [-0.05, 0) is 13.3 Å². The number of imide groups is 1. The number of H-pyrrole nitrogens is 1. The van der Waals surface area contributed by atoms with E-state index in [-0.39, 0.29) is 5.69 Å². The highest BCUT2D eigenvalue weighted by atomic mass is 32.2. The van der Waals surface area contributed by atoms with Crippen molar-refractivity contribution in [1.82, 2.24) is 20.1 Å². The van der Waals surface area contributed by atoms with E-state index in [1.807, 2.05) is 12.2 Å². The van der Waals surface area contributed by atoms with Crippen molar-refractivity contribution in [2.24, 2.45) is 5.73 Å². The highest BCUT2D eigenvalue weighted by molar-refractivity contribution is 8.00. The van der Waals surface area contributed by atoms with E-state index in [0.717, 1.165) is 18.2 Å². The van der Waals surface area contributed by atoms with E-state index in [1.165, 1.54) is 4.57 Å². The maximum atomic E-state index is 11.5. The lowest BCUT2D eigenvalue weighted by Crippen LogP contribution is -2.39. The molecule has 18 heavy (non-hydrogen) atoms. The van der Waals surface area contributed by atoms with Gasteiger partial charge in [-0.25, -0.2) is 14.7 Å². The molecule has 0 aliphatic rings. The van der Waals surface area contributed by atoms with Gasteiger partial charge >= 0.3 is 11.7 Å². The van der Waals surface area contributed by atoms with Gasteiger partial charge < -0.3 is 5.73 Å². The molecule has 8 nitrogen and oxygen atoms in total. The normalized spacial score (nSPS) is 12.1. The number of carbonyl (C=O) groups excluding carboxylic acids is 2. The summed E-state index contributed by atoms with van der Waals surface area (Å²) < 4.78 is 1.44. The van der Waals surface area contributed by atoms with Gasteiger partial charge in [0.1, 0.15) is 0 Å². The summed E-state index contributed by atoms with van der Waals surface area (Å²) in [5.74, 6) is -0.522. The number of primary amides is 1. The number of urea groups is 1. The largest absolute Gasteiger partial charge is 0.351 e. The summed E-state index contributed by atoms with van der Waals surface area (Å²) >= 11 is 1.08. The van der Waals surface area contributed by atoms with Crippen LogP contribution in [0.15, 0.2) is 9.95 Å². The van der Waals surface area contributed by atoms with Crippen molar-refractivity contribution in [2.75, 3.05) is 0 Å². The van der Waals surface area contributed by atoms with Gasteiger partial charge in [0, 0.05) is 6.54 Å². The van der Waals surface area contributed by atoms with Gasteiger partial charge in [-0.15, -0.1) is 5.10 Å². The van der Waals surface area contributed by atoms with E-state index in [2.05, 4.69) is 10.2 Å². The molecule has 0 unspecified atom stereocenters. The molecule has 0 aromatic carbocycles. The molecule has 1 atom stereocenters. The molecule has 1 aromatic rings. The van der Waals surface area contributed by atoms with Crippen LogP contribution in [-0.4, -0.2) is 32.0 Å². The van der Waals surface area contributed by atoms with Crippen molar-refractivity contribution >= 4 is 23.7 Å². The molecule has 3 amide bonds. The van der Waals surface area contributed by atoms with Crippen LogP contribution >= 0.6 is 11.8 Å². The number of aromatic amines is 1. The summed E-state index contributed by atoms with van der Waals surface area (Å²) in [5, 5.41) is 7.95. The molecular weight excluding hydrogens is 258 g/mol. The minimum atomic E-state index is -0.902. The van der Waals surface area contributed by atoms with E-state index in [9.17, 15) is 14.4 Å². The monoisotopic (exact) mass is 273 g/mol. The van der Waals surface area contributed by atoms with Gasteiger partial charge in [0.15, 0.2) is 5.16 Å². The maximum absolute atomic E-state index is 11.5. The Labute approximate surface area is 107 Å². The molecule has 0 bridgehead atoms. The zero-order valence-electron chi connectivity index (χ0n) is 10.1. The number of aromatic nitrogens is 3. The minimum absolute atomic E-state index is 0.318. The number of hydrogen-bond donors (Lipinski definition) is 3. The predicted molar refractivity (Wildman–Crippen MR) is 66.2 cm³/mol. The smallest absolute Gasteiger partial charge is 0.343 e. The fourth-order valence-electron chi connectivity index (χ4n) is 1.25. The van der Waals surface area contributed by atoms with Crippen LogP contribution in [-0.2, 0) is 11.3 Å². The van der Waals surface area contributed by atoms with Crippen LogP contribution in [0.2, 0.25) is 0 Å². The number of amides is 3. The molecule has 4 N–H and O–H groups in total. The molecule has 0 aliphatic heterocycles. The fraction of sp³-hybridized carbons (Fsp3) is 0.556. The number of thioether (sulfide) groups is 1. The number of hydrogen-bond acceptors (Lipinski definition) is 5. The van der Waals surface area contributed by atoms with Crippen LogP contribution in [0.3, 0.4) is 0 Å². The summed E-state index contributed by atoms with van der Waals surface area (Å²) in [6.07, 6.45) is 0.773. The number of rotatable bonds is 5. The highest BCUT2D eigenvalue weighted by Gasteiger charge is 2.19. The lowest BCUT2D eigenvalue weighted by Gasteiger charge is -2.09. The average molecular weight is 273 g/mol. The Hall–Kier alpha value is -1.77. The quantitative estimate of drug-likeness (QED) is 0.633. The summed E-state index contributed by atoms with van der Waals surface area (Å²) in [6, 6.07) is -0.902. The molecule has 0 radical (unpaired) electrons. The van der Waals surface area contributed by atoms with Crippen molar-refractivity contribution in [2.45, 2.75) is 37.2 Å². The lowest BCUT2D eigenvalue weighted by molar-refractivity contribution is -0.119. The van der Waals surface area contributed by atoms with E-state index in [0.29, 0.717) is 11.7 Å². The third-order valence-corrected chi connectivity index (χ3v) is 3.16. The van der Waals surface area contributed by atoms with E-state index < -0.39 is 17.2 Å². The highest BCUT2D eigenvalue weighted by Crippen LogP contribution is 2.19. The number of carbonyl (C=O) groups is 2. The Bertz CT molecular complexity index is 495. The van der Waals surface area contributed by atoms with Crippen molar-refractivity contribution < 1.29 is 9.59 Å². The Morgan fingerprint density at radius 3 is 2.83 bits per heavy atom. The third kappa shape index (κ3) is 3.62. The second-order valence-electron chi connectivity index (χ2n) is 3.58. The Balaban J connectivity index is 2.75. The van der Waals surface area contributed by atoms with Crippen molar-refractivity contribution in [3.05, 3.63) is 10.5 Å². The number of nitrogens with zero attached hydrogens (tertiary/aromatic N) is 2. The van der Waals surface area contributed by atoms with Crippen molar-refractivity contribution in [1.29, 1.82) is 0 Å². The zero-order valence-corrected chi connectivity index (χ0v) is 10.9. The predicted octanol–water partition coefficient (Wildman–Crippen LogP) is -0.343. The van der Waals surface area contributed by atoms with Crippen LogP contribution in [0, 0.1) is 0 Å². The van der Waals surface area contributed by atoms with Crippen LogP contribution in [0.4, 0.5) is 4.79 Å². The minimum Gasteiger partial charge on any atom is -0.351 e. The number of nitrogens with two attached hydrogens (primary N) is 1. The fourth-order valence-corrected chi connectivity index (χ4v) is 2.13. The molecule has 1 heterocycles. The molecule has 0 saturated carbocycles. The van der Waals surface area contributed by atoms with Crippen molar-refractivity contribution in [3.8, 4) is 0 Å². The van der Waals surface area contributed by atoms with Crippen LogP contribution in [0.25, 0.3) is 0 Å². The van der Waals surface area contributed by atoms with E-state index in [4.69, 9.17) is 5.73 Å². The second-order valence-corrected chi connectivity index (χ2v) is 4.88. The molecule has 0 aliphatic carbocycles. The van der Waals surface area contributed by atoms with Gasteiger partial charge in [0.05, 0.1) is 5.25 Å². The number of nitrogens with one attached hydrogen (secondary N) is 2. The van der Waals surface area contributed by atoms with E-state index >= 15 is 0 Å². The summed E-state index contributed by atoms with van der Waals surface area (Å²) in [7, 11) is 0. The second kappa shape index (κ2) is 6.24. The molecule has 1 rings (SSSR count). The molecule has 100 valence electrons. The SMILES string of the molecule is CCCn1c(S[C@@H](C)C(=O)NC(N)=O)n[nH]c1=O. The van der Waals surface area contributed by atoms with Crippen LogP contribution in [0.5, 0.6) is 0 Å². The third-order valence-electron chi connectivity index (χ3n) is 2.07. The first-order chi connectivity index (χ1) is 8.45. The standard InChI is InChI=1S/C9H15N5O3S/c1-3-4-14-8(17)12-13-9(14)18-5(2)6(15)11-7(10)16/h5H,3-4H2,1-2H3,(H,12,17)(H3,10,11,15,16)/t5-/m0/s1. The zero-order chi connectivity index (χ0) is 13.7. The van der Waals surface area contributed by atoms with Gasteiger partial charge in [-0.2, -0.15) is 0 Å². The first-order valence-electron chi connectivity index (χ1n) is 5.37. The van der Waals surface area contributed by atoms with Crippen LogP contribution in [0.1, 0.15) is 20.3 Å². The molecule has 0 spiro atoms. The molecule has 0 saturated heterocycles. The molecular formula is C9H15N5O3S. The van der Waals surface area contributed by atoms with Crippen molar-refractivity contribution in [3.63, 3.8) is 0 Å². The van der Waals surface area contributed by atoms with Gasteiger partial charge in [-0.3, -0.25) is 14.7 Å². The first-order valence-corrected chi connectivity index (χ1v) is 6.25. The summed E-state index contributed by atoms with van der Waals surface area (Å²) in [5.41, 5.74) is 4.53. The first kappa shape index (κ1) is 14.3. The Morgan fingerprint density at radius 1 is 1.61 bits per heavy atom. The van der Waals surface area contributed by atoms with Gasteiger partial charge in [0.25, 0.3) is 0 Å². The Kier molecular flexibility index (Phi) is 4.95. The Morgan fingerprint density at radius 2 is 2.28 bits per heavy atom. The topological polar surface area (TPSA) is 123 Å². The summed E-state index contributed by atoms with van der Waals surface area (Å²) in [6.45, 7) is 4.04. The van der Waals surface area contributed by atoms with Gasteiger partial charge in [0.2, 0.25) is 5.91 Å². The van der Waals surface area contributed by atoms with Crippen LogP contribution < -0.4 is 16.7 Å². The summed E-state index contributed by atoms with van der Waals surface area (Å²) in [4.78, 5) is 33.4. The molecule has 9 heteroatoms. The maximum Gasteiger partial charge on any atom is 0.343 e. The average Bonchev–Trinajstić information content (AvgIpc) is 2.61. The van der Waals surface area contributed by atoms with Gasteiger partial charge in [-0.1, -0.05) is 18.7 Å².